The number of amides is 1. The molecule has 136 valence electrons. The highest BCUT2D eigenvalue weighted by Crippen LogP contribution is 2.30. The lowest BCUT2D eigenvalue weighted by Gasteiger charge is -2.07. The molecule has 0 spiro atoms. The van der Waals surface area contributed by atoms with Gasteiger partial charge in [0.1, 0.15) is 0 Å². The van der Waals surface area contributed by atoms with Gasteiger partial charge in [-0.3, -0.25) is 9.48 Å². The fourth-order valence-corrected chi connectivity index (χ4v) is 4.57. The lowest BCUT2D eigenvalue weighted by Crippen LogP contribution is -2.29. The van der Waals surface area contributed by atoms with Crippen LogP contribution in [0.4, 0.5) is 0 Å². The Morgan fingerprint density at radius 1 is 1.19 bits per heavy atom. The lowest BCUT2D eigenvalue weighted by atomic mass is 10.1. The summed E-state index contributed by atoms with van der Waals surface area (Å²) in [6.45, 7) is 5.41. The van der Waals surface area contributed by atoms with Gasteiger partial charge in [0.15, 0.2) is 0 Å². The van der Waals surface area contributed by atoms with Crippen molar-refractivity contribution in [2.24, 2.45) is 0 Å². The van der Waals surface area contributed by atoms with E-state index in [1.807, 2.05) is 29.8 Å². The Labute approximate surface area is 162 Å². The molecule has 0 unspecified atom stereocenters. The van der Waals surface area contributed by atoms with Crippen LogP contribution in [-0.4, -0.2) is 28.0 Å². The molecule has 0 aliphatic carbocycles. The number of thiophene rings is 1. The topological polar surface area (TPSA) is 46.9 Å². The Hall–Kier alpha value is -2.05. The van der Waals surface area contributed by atoms with Gasteiger partial charge >= 0.3 is 0 Å². The second-order valence-electron chi connectivity index (χ2n) is 6.07. The van der Waals surface area contributed by atoms with Gasteiger partial charge in [-0.15, -0.1) is 23.1 Å². The second-order valence-corrected chi connectivity index (χ2v) is 8.01. The number of aryl methyl sites for hydroxylation is 1. The van der Waals surface area contributed by atoms with Gasteiger partial charge in [-0.25, -0.2) is 0 Å². The second kappa shape index (κ2) is 9.05. The third-order valence-electron chi connectivity index (χ3n) is 4.14. The van der Waals surface area contributed by atoms with Crippen molar-refractivity contribution in [2.45, 2.75) is 26.1 Å². The van der Waals surface area contributed by atoms with Crippen LogP contribution in [0.5, 0.6) is 0 Å². The molecular formula is C20H23N3OS2. The van der Waals surface area contributed by atoms with Gasteiger partial charge in [-0.2, -0.15) is 5.10 Å². The number of carbonyl (C=O) groups is 1. The Kier molecular flexibility index (Phi) is 6.52. The molecule has 1 N–H and O–H groups in total. The largest absolute Gasteiger partial charge is 0.354 e. The van der Waals surface area contributed by atoms with Crippen LogP contribution in [0.25, 0.3) is 10.4 Å². The maximum absolute atomic E-state index is 12.0. The molecule has 6 heteroatoms. The molecule has 1 aromatic carbocycles. The number of nitrogens with zero attached hydrogens (tertiary/aromatic N) is 2. The fourth-order valence-electron chi connectivity index (χ4n) is 2.88. The fraction of sp³-hybridized carbons (Fsp3) is 0.300. The highest BCUT2D eigenvalue weighted by Gasteiger charge is 2.14. The van der Waals surface area contributed by atoms with Crippen molar-refractivity contribution < 1.29 is 4.79 Å². The molecule has 2 aromatic heterocycles. The van der Waals surface area contributed by atoms with Crippen molar-refractivity contribution in [1.82, 2.24) is 15.1 Å². The smallest absolute Gasteiger partial charge is 0.230 e. The minimum Gasteiger partial charge on any atom is -0.354 e. The highest BCUT2D eigenvalue weighted by atomic mass is 32.2. The zero-order valence-corrected chi connectivity index (χ0v) is 16.7. The van der Waals surface area contributed by atoms with E-state index in [0.29, 0.717) is 18.8 Å². The zero-order valence-electron chi connectivity index (χ0n) is 15.1. The number of thioether (sulfide) groups is 1. The quantitative estimate of drug-likeness (QED) is 0.630. The van der Waals surface area contributed by atoms with Gasteiger partial charge in [0.05, 0.1) is 18.0 Å². The maximum Gasteiger partial charge on any atom is 0.230 e. The summed E-state index contributed by atoms with van der Waals surface area (Å²) in [6, 6.07) is 14.4. The average molecular weight is 386 g/mol. The molecule has 2 heterocycles. The molecule has 26 heavy (non-hydrogen) atoms. The van der Waals surface area contributed by atoms with E-state index in [9.17, 15) is 4.79 Å². The van der Waals surface area contributed by atoms with E-state index < -0.39 is 0 Å². The molecule has 0 atom stereocenters. The summed E-state index contributed by atoms with van der Waals surface area (Å²) < 4.78 is 1.99. The highest BCUT2D eigenvalue weighted by molar-refractivity contribution is 7.99. The maximum atomic E-state index is 12.0. The normalized spacial score (nSPS) is 10.8. The minimum atomic E-state index is 0.0749. The Morgan fingerprint density at radius 2 is 2.00 bits per heavy atom. The van der Waals surface area contributed by atoms with Crippen LogP contribution in [0.1, 0.15) is 17.0 Å². The van der Waals surface area contributed by atoms with E-state index in [0.717, 1.165) is 17.1 Å². The Balaban J connectivity index is 1.45. The summed E-state index contributed by atoms with van der Waals surface area (Å²) in [5.74, 6) is 1.41. The molecule has 3 rings (SSSR count). The first-order valence-electron chi connectivity index (χ1n) is 8.61. The van der Waals surface area contributed by atoms with Crippen LogP contribution < -0.4 is 5.32 Å². The first-order chi connectivity index (χ1) is 12.6. The summed E-state index contributed by atoms with van der Waals surface area (Å²) in [6.07, 6.45) is 0. The number of carbonyl (C=O) groups excluding carboxylic acids is 1. The average Bonchev–Trinajstić information content (AvgIpc) is 3.24. The molecule has 3 aromatic rings. The third-order valence-corrected chi connectivity index (χ3v) is 6.03. The van der Waals surface area contributed by atoms with Crippen molar-refractivity contribution in [3.8, 4) is 10.4 Å². The van der Waals surface area contributed by atoms with Crippen molar-refractivity contribution in [2.75, 3.05) is 12.3 Å². The Bertz CT molecular complexity index is 842. The van der Waals surface area contributed by atoms with Crippen LogP contribution >= 0.6 is 23.1 Å². The number of hydrogen-bond acceptors (Lipinski definition) is 4. The van der Waals surface area contributed by atoms with Crippen LogP contribution in [0.2, 0.25) is 0 Å². The van der Waals surface area contributed by atoms with Crippen LogP contribution in [0, 0.1) is 13.8 Å². The van der Waals surface area contributed by atoms with Gasteiger partial charge in [0, 0.05) is 28.4 Å². The SMILES string of the molecule is Cc1nn(CCNC(=O)CSCc2ccccc2)c(C)c1-c1cccs1. The zero-order chi connectivity index (χ0) is 18.4. The third kappa shape index (κ3) is 4.77. The van der Waals surface area contributed by atoms with Crippen molar-refractivity contribution in [3.63, 3.8) is 0 Å². The van der Waals surface area contributed by atoms with Gasteiger partial charge in [-0.05, 0) is 30.9 Å². The summed E-state index contributed by atoms with van der Waals surface area (Å²) >= 11 is 3.36. The summed E-state index contributed by atoms with van der Waals surface area (Å²) in [7, 11) is 0. The summed E-state index contributed by atoms with van der Waals surface area (Å²) in [4.78, 5) is 13.3. The molecule has 0 saturated heterocycles. The molecular weight excluding hydrogens is 362 g/mol. The van der Waals surface area contributed by atoms with E-state index in [2.05, 4.69) is 47.0 Å². The first-order valence-corrected chi connectivity index (χ1v) is 10.6. The van der Waals surface area contributed by atoms with E-state index in [1.165, 1.54) is 16.0 Å². The van der Waals surface area contributed by atoms with Gasteiger partial charge < -0.3 is 5.32 Å². The van der Waals surface area contributed by atoms with Crippen molar-refractivity contribution in [3.05, 3.63) is 64.8 Å². The first kappa shape index (κ1) is 18.7. The van der Waals surface area contributed by atoms with E-state index in [4.69, 9.17) is 0 Å². The number of benzene rings is 1. The van der Waals surface area contributed by atoms with Gasteiger partial charge in [0.25, 0.3) is 0 Å². The molecule has 0 radical (unpaired) electrons. The molecule has 0 fully saturated rings. The number of hydrogen-bond donors (Lipinski definition) is 1. The molecule has 0 aliphatic heterocycles. The van der Waals surface area contributed by atoms with Crippen molar-refractivity contribution >= 4 is 29.0 Å². The number of aromatic nitrogens is 2. The summed E-state index contributed by atoms with van der Waals surface area (Å²) in [5.41, 5.74) is 4.64. The van der Waals surface area contributed by atoms with Gasteiger partial charge in [-0.1, -0.05) is 36.4 Å². The Morgan fingerprint density at radius 3 is 2.73 bits per heavy atom. The summed E-state index contributed by atoms with van der Waals surface area (Å²) in [5, 5.41) is 9.70. The van der Waals surface area contributed by atoms with Crippen LogP contribution in [0.3, 0.4) is 0 Å². The molecule has 1 amide bonds. The molecule has 0 aliphatic rings. The number of nitrogens with one attached hydrogen (secondary N) is 1. The lowest BCUT2D eigenvalue weighted by molar-refractivity contribution is -0.118. The predicted octanol–water partition coefficient (Wildman–Crippen LogP) is 4.28. The monoisotopic (exact) mass is 385 g/mol. The van der Waals surface area contributed by atoms with Crippen molar-refractivity contribution in [1.29, 1.82) is 0 Å². The van der Waals surface area contributed by atoms with Gasteiger partial charge in [0.2, 0.25) is 5.91 Å². The van der Waals surface area contributed by atoms with E-state index >= 15 is 0 Å². The molecule has 0 saturated carbocycles. The number of rotatable bonds is 8. The minimum absolute atomic E-state index is 0.0749. The van der Waals surface area contributed by atoms with E-state index in [-0.39, 0.29) is 5.91 Å². The molecule has 4 nitrogen and oxygen atoms in total. The van der Waals surface area contributed by atoms with E-state index in [1.54, 1.807) is 23.1 Å². The molecule has 0 bridgehead atoms. The van der Waals surface area contributed by atoms with Crippen LogP contribution in [0.15, 0.2) is 47.8 Å². The predicted molar refractivity (Wildman–Crippen MR) is 111 cm³/mol. The van der Waals surface area contributed by atoms with Crippen LogP contribution in [-0.2, 0) is 17.1 Å². The standard InChI is InChI=1S/C20H23N3OS2/c1-15-20(18-9-6-12-26-18)16(2)23(22-15)11-10-21-19(24)14-25-13-17-7-4-3-5-8-17/h3-9,12H,10-11,13-14H2,1-2H3,(H,21,24).